The summed E-state index contributed by atoms with van der Waals surface area (Å²) in [4.78, 5) is 11.9. The summed E-state index contributed by atoms with van der Waals surface area (Å²) < 4.78 is 15.7. The molecule has 0 saturated heterocycles. The SMILES string of the molecule is C=CCCC(C)OC(=O)Cc1cc(OC)cc(OC)c1. The predicted octanol–water partition coefficient (Wildman–Crippen LogP) is 3.14. The first-order valence-electron chi connectivity index (χ1n) is 6.61. The van der Waals surface area contributed by atoms with E-state index in [1.165, 1.54) is 0 Å². The molecule has 0 aliphatic heterocycles. The van der Waals surface area contributed by atoms with Crippen LogP contribution < -0.4 is 9.47 Å². The van der Waals surface area contributed by atoms with Gasteiger partial charge in [0.25, 0.3) is 0 Å². The van der Waals surface area contributed by atoms with E-state index in [1.807, 2.05) is 13.0 Å². The third-order valence-electron chi connectivity index (χ3n) is 2.87. The van der Waals surface area contributed by atoms with Crippen molar-refractivity contribution in [3.05, 3.63) is 36.4 Å². The van der Waals surface area contributed by atoms with Crippen LogP contribution in [0.5, 0.6) is 11.5 Å². The molecule has 0 spiro atoms. The third kappa shape index (κ3) is 5.34. The van der Waals surface area contributed by atoms with Crippen molar-refractivity contribution < 1.29 is 19.0 Å². The summed E-state index contributed by atoms with van der Waals surface area (Å²) in [5.41, 5.74) is 0.808. The fourth-order valence-electron chi connectivity index (χ4n) is 1.81. The molecule has 0 heterocycles. The summed E-state index contributed by atoms with van der Waals surface area (Å²) in [6.07, 6.45) is 3.54. The van der Waals surface area contributed by atoms with Crippen LogP contribution in [0, 0.1) is 0 Å². The van der Waals surface area contributed by atoms with E-state index in [2.05, 4.69) is 6.58 Å². The molecule has 1 atom stereocenters. The minimum atomic E-state index is -0.253. The van der Waals surface area contributed by atoms with Crippen molar-refractivity contribution in [3.63, 3.8) is 0 Å². The van der Waals surface area contributed by atoms with Gasteiger partial charge in [0.1, 0.15) is 11.5 Å². The zero-order chi connectivity index (χ0) is 15.0. The number of rotatable bonds is 8. The van der Waals surface area contributed by atoms with Crippen LogP contribution in [-0.2, 0) is 16.0 Å². The van der Waals surface area contributed by atoms with Crippen LogP contribution in [0.4, 0.5) is 0 Å². The van der Waals surface area contributed by atoms with Gasteiger partial charge in [0, 0.05) is 6.07 Å². The van der Waals surface area contributed by atoms with Crippen molar-refractivity contribution in [2.75, 3.05) is 14.2 Å². The lowest BCUT2D eigenvalue weighted by Crippen LogP contribution is -2.16. The Labute approximate surface area is 120 Å². The molecule has 0 aliphatic rings. The number of carbonyl (C=O) groups excluding carboxylic acids is 1. The molecule has 1 aromatic rings. The van der Waals surface area contributed by atoms with Gasteiger partial charge in [0.15, 0.2) is 0 Å². The van der Waals surface area contributed by atoms with Gasteiger partial charge in [-0.1, -0.05) is 6.08 Å². The van der Waals surface area contributed by atoms with Crippen molar-refractivity contribution in [1.82, 2.24) is 0 Å². The first kappa shape index (κ1) is 16.1. The summed E-state index contributed by atoms with van der Waals surface area (Å²) in [5, 5.41) is 0. The Balaban J connectivity index is 2.63. The molecular formula is C16H22O4. The lowest BCUT2D eigenvalue weighted by molar-refractivity contribution is -0.147. The van der Waals surface area contributed by atoms with Crippen LogP contribution in [0.15, 0.2) is 30.9 Å². The highest BCUT2D eigenvalue weighted by Crippen LogP contribution is 2.23. The molecule has 0 saturated carbocycles. The maximum absolute atomic E-state index is 11.9. The van der Waals surface area contributed by atoms with Crippen LogP contribution in [0.1, 0.15) is 25.3 Å². The second-order valence-corrected chi connectivity index (χ2v) is 4.56. The Morgan fingerprint density at radius 2 is 1.85 bits per heavy atom. The van der Waals surface area contributed by atoms with E-state index in [-0.39, 0.29) is 18.5 Å². The highest BCUT2D eigenvalue weighted by atomic mass is 16.5. The Morgan fingerprint density at radius 1 is 1.25 bits per heavy atom. The molecule has 110 valence electrons. The maximum atomic E-state index is 11.9. The number of allylic oxidation sites excluding steroid dienone is 1. The van der Waals surface area contributed by atoms with E-state index in [0.29, 0.717) is 11.5 Å². The Hall–Kier alpha value is -1.97. The second kappa shape index (κ2) is 8.25. The summed E-state index contributed by atoms with van der Waals surface area (Å²) in [7, 11) is 3.16. The molecule has 0 bridgehead atoms. The lowest BCUT2D eigenvalue weighted by atomic mass is 10.1. The number of ether oxygens (including phenoxy) is 3. The van der Waals surface area contributed by atoms with E-state index >= 15 is 0 Å². The van der Waals surface area contributed by atoms with Gasteiger partial charge in [-0.05, 0) is 37.5 Å². The van der Waals surface area contributed by atoms with Gasteiger partial charge in [-0.3, -0.25) is 4.79 Å². The summed E-state index contributed by atoms with van der Waals surface area (Å²) >= 11 is 0. The predicted molar refractivity (Wildman–Crippen MR) is 78.2 cm³/mol. The minimum Gasteiger partial charge on any atom is -0.497 e. The smallest absolute Gasteiger partial charge is 0.310 e. The molecule has 0 N–H and O–H groups in total. The Kier molecular flexibility index (Phi) is 6.64. The van der Waals surface area contributed by atoms with Gasteiger partial charge in [-0.2, -0.15) is 0 Å². The van der Waals surface area contributed by atoms with E-state index in [9.17, 15) is 4.79 Å². The van der Waals surface area contributed by atoms with Crippen molar-refractivity contribution in [2.45, 2.75) is 32.3 Å². The number of benzene rings is 1. The lowest BCUT2D eigenvalue weighted by Gasteiger charge is -2.13. The fraction of sp³-hybridized carbons (Fsp3) is 0.438. The second-order valence-electron chi connectivity index (χ2n) is 4.56. The minimum absolute atomic E-state index is 0.104. The van der Waals surface area contributed by atoms with Crippen molar-refractivity contribution in [2.24, 2.45) is 0 Å². The summed E-state index contributed by atoms with van der Waals surface area (Å²) in [5.74, 6) is 1.07. The molecule has 0 aliphatic carbocycles. The van der Waals surface area contributed by atoms with Gasteiger partial charge < -0.3 is 14.2 Å². The van der Waals surface area contributed by atoms with Crippen molar-refractivity contribution in [1.29, 1.82) is 0 Å². The first-order valence-corrected chi connectivity index (χ1v) is 6.61. The van der Waals surface area contributed by atoms with Gasteiger partial charge in [0.05, 0.1) is 26.7 Å². The summed E-state index contributed by atoms with van der Waals surface area (Å²) in [6, 6.07) is 5.37. The van der Waals surface area contributed by atoms with E-state index < -0.39 is 0 Å². The summed E-state index contributed by atoms with van der Waals surface area (Å²) in [6.45, 7) is 5.53. The van der Waals surface area contributed by atoms with Gasteiger partial charge in [0.2, 0.25) is 0 Å². The maximum Gasteiger partial charge on any atom is 0.310 e. The first-order chi connectivity index (χ1) is 9.58. The van der Waals surface area contributed by atoms with Crippen molar-refractivity contribution in [3.8, 4) is 11.5 Å². The normalized spacial score (nSPS) is 11.6. The van der Waals surface area contributed by atoms with Crippen LogP contribution in [-0.4, -0.2) is 26.3 Å². The molecule has 20 heavy (non-hydrogen) atoms. The van der Waals surface area contributed by atoms with Crippen LogP contribution in [0.2, 0.25) is 0 Å². The zero-order valence-electron chi connectivity index (χ0n) is 12.3. The number of methoxy groups -OCH3 is 2. The number of carbonyl (C=O) groups is 1. The van der Waals surface area contributed by atoms with E-state index in [0.717, 1.165) is 18.4 Å². The van der Waals surface area contributed by atoms with E-state index in [4.69, 9.17) is 14.2 Å². The van der Waals surface area contributed by atoms with Crippen LogP contribution in [0.3, 0.4) is 0 Å². The number of esters is 1. The average molecular weight is 278 g/mol. The monoisotopic (exact) mass is 278 g/mol. The average Bonchev–Trinajstić information content (AvgIpc) is 2.44. The highest BCUT2D eigenvalue weighted by molar-refractivity contribution is 5.73. The molecule has 1 unspecified atom stereocenters. The topological polar surface area (TPSA) is 44.8 Å². The molecule has 4 nitrogen and oxygen atoms in total. The number of hydrogen-bond acceptors (Lipinski definition) is 4. The molecule has 0 aromatic heterocycles. The Morgan fingerprint density at radius 3 is 2.35 bits per heavy atom. The zero-order valence-corrected chi connectivity index (χ0v) is 12.3. The molecule has 1 aromatic carbocycles. The van der Waals surface area contributed by atoms with Crippen LogP contribution >= 0.6 is 0 Å². The quantitative estimate of drug-likeness (QED) is 0.541. The third-order valence-corrected chi connectivity index (χ3v) is 2.87. The Bertz CT molecular complexity index is 432. The largest absolute Gasteiger partial charge is 0.497 e. The van der Waals surface area contributed by atoms with Crippen LogP contribution in [0.25, 0.3) is 0 Å². The van der Waals surface area contributed by atoms with Gasteiger partial charge >= 0.3 is 5.97 Å². The molecule has 0 fully saturated rings. The molecule has 0 amide bonds. The standard InChI is InChI=1S/C16H22O4/c1-5-6-7-12(2)20-16(17)10-13-8-14(18-3)11-15(9-13)19-4/h5,8-9,11-12H,1,6-7,10H2,2-4H3. The van der Waals surface area contributed by atoms with Crippen molar-refractivity contribution >= 4 is 5.97 Å². The molecule has 1 rings (SSSR count). The molecule has 4 heteroatoms. The molecule has 0 radical (unpaired) electrons. The fourth-order valence-corrected chi connectivity index (χ4v) is 1.81. The van der Waals surface area contributed by atoms with Gasteiger partial charge in [-0.25, -0.2) is 0 Å². The van der Waals surface area contributed by atoms with E-state index in [1.54, 1.807) is 32.4 Å². The van der Waals surface area contributed by atoms with Gasteiger partial charge in [-0.15, -0.1) is 6.58 Å². The molecular weight excluding hydrogens is 256 g/mol. The number of hydrogen-bond donors (Lipinski definition) is 0. The highest BCUT2D eigenvalue weighted by Gasteiger charge is 2.11.